The number of carbonyl (C=O) groups excluding carboxylic acids is 1. The predicted octanol–water partition coefficient (Wildman–Crippen LogP) is 1.15. The first-order chi connectivity index (χ1) is 13.7. The quantitative estimate of drug-likeness (QED) is 0.611. The van der Waals surface area contributed by atoms with Gasteiger partial charge in [-0.05, 0) is 54.6 Å². The minimum atomic E-state index is -3.63. The van der Waals surface area contributed by atoms with E-state index in [4.69, 9.17) is 9.57 Å². The third-order valence-corrected chi connectivity index (χ3v) is 5.96. The van der Waals surface area contributed by atoms with Crippen LogP contribution in [0.4, 0.5) is 5.69 Å². The summed E-state index contributed by atoms with van der Waals surface area (Å²) in [4.78, 5) is 19.1. The first kappa shape index (κ1) is 20.6. The summed E-state index contributed by atoms with van der Waals surface area (Å²) in [5.41, 5.74) is 1.34. The largest absolute Gasteiger partial charge is 0.497 e. The Morgan fingerprint density at radius 1 is 1.17 bits per heavy atom. The molecule has 1 heterocycles. The van der Waals surface area contributed by atoms with Crippen molar-refractivity contribution < 1.29 is 22.8 Å². The highest BCUT2D eigenvalue weighted by atomic mass is 32.2. The molecule has 154 valence electrons. The number of hydrogen-bond donors (Lipinski definition) is 1. The smallest absolute Gasteiger partial charge is 0.267 e. The molecule has 0 saturated heterocycles. The predicted molar refractivity (Wildman–Crippen MR) is 106 cm³/mol. The van der Waals surface area contributed by atoms with E-state index in [-0.39, 0.29) is 4.90 Å². The van der Waals surface area contributed by atoms with Crippen LogP contribution >= 0.6 is 0 Å². The van der Waals surface area contributed by atoms with Gasteiger partial charge in [0.2, 0.25) is 16.1 Å². The van der Waals surface area contributed by atoms with Crippen LogP contribution in [0, 0.1) is 0 Å². The van der Waals surface area contributed by atoms with Gasteiger partial charge in [0.25, 0.3) is 5.91 Å². The van der Waals surface area contributed by atoms with E-state index < -0.39 is 22.0 Å². The molecule has 0 fully saturated rings. The van der Waals surface area contributed by atoms with Crippen LogP contribution in [0.15, 0.2) is 47.4 Å². The minimum absolute atomic E-state index is 0.0671. The first-order valence-corrected chi connectivity index (χ1v) is 10.1. The van der Waals surface area contributed by atoms with Crippen molar-refractivity contribution in [1.29, 1.82) is 0 Å². The van der Waals surface area contributed by atoms with Gasteiger partial charge in [-0.15, -0.1) is 5.10 Å². The number of methoxy groups -OCH3 is 1. The van der Waals surface area contributed by atoms with Crippen LogP contribution in [0.5, 0.6) is 5.75 Å². The van der Waals surface area contributed by atoms with E-state index in [1.165, 1.54) is 32.3 Å². The normalized spacial score (nSPS) is 12.7. The van der Waals surface area contributed by atoms with Crippen LogP contribution in [0.1, 0.15) is 6.92 Å². The van der Waals surface area contributed by atoms with E-state index in [2.05, 4.69) is 15.6 Å². The molecule has 1 N–H and O–H groups in total. The number of benzene rings is 2. The average Bonchev–Trinajstić information content (AvgIpc) is 3.10. The number of nitrogens with zero attached hydrogens (tertiary/aromatic N) is 4. The molecule has 3 aromatic rings. The molecule has 1 amide bonds. The van der Waals surface area contributed by atoms with Gasteiger partial charge in [0.15, 0.2) is 0 Å². The molecule has 10 nitrogen and oxygen atoms in total. The number of fused-ring (bicyclic) bond motifs is 1. The van der Waals surface area contributed by atoms with Gasteiger partial charge in [0.05, 0.1) is 12.0 Å². The second-order valence-electron chi connectivity index (χ2n) is 6.37. The SMILES string of the molecule is COc1ccc(NC(=O)C(C)On2nnc3ccc(S(=O)(=O)N(C)C)cc32)cc1. The number of hydrogen-bond acceptors (Lipinski definition) is 7. The van der Waals surface area contributed by atoms with Gasteiger partial charge in [-0.25, -0.2) is 12.7 Å². The van der Waals surface area contributed by atoms with E-state index in [0.717, 1.165) is 9.15 Å². The summed E-state index contributed by atoms with van der Waals surface area (Å²) in [5.74, 6) is 0.265. The number of rotatable bonds is 7. The van der Waals surface area contributed by atoms with Crippen molar-refractivity contribution in [3.63, 3.8) is 0 Å². The van der Waals surface area contributed by atoms with Crippen molar-refractivity contribution in [1.82, 2.24) is 19.5 Å². The van der Waals surface area contributed by atoms with Crippen molar-refractivity contribution in [3.05, 3.63) is 42.5 Å². The number of nitrogens with one attached hydrogen (secondary N) is 1. The van der Waals surface area contributed by atoms with Crippen LogP contribution in [0.3, 0.4) is 0 Å². The lowest BCUT2D eigenvalue weighted by atomic mass is 10.3. The molecule has 0 aliphatic heterocycles. The molecule has 11 heteroatoms. The molecule has 3 rings (SSSR count). The zero-order valence-corrected chi connectivity index (χ0v) is 17.2. The van der Waals surface area contributed by atoms with Crippen LogP contribution in [-0.2, 0) is 14.8 Å². The Kier molecular flexibility index (Phi) is 5.71. The Bertz CT molecular complexity index is 1130. The second kappa shape index (κ2) is 8.05. The van der Waals surface area contributed by atoms with E-state index in [0.29, 0.717) is 22.5 Å². The van der Waals surface area contributed by atoms with Gasteiger partial charge >= 0.3 is 0 Å². The second-order valence-corrected chi connectivity index (χ2v) is 8.52. The summed E-state index contributed by atoms with van der Waals surface area (Å²) >= 11 is 0. The maximum atomic E-state index is 12.4. The van der Waals surface area contributed by atoms with E-state index >= 15 is 0 Å². The lowest BCUT2D eigenvalue weighted by Gasteiger charge is -2.14. The molecule has 0 bridgehead atoms. The van der Waals surface area contributed by atoms with Crippen molar-refractivity contribution in [2.24, 2.45) is 0 Å². The number of aromatic nitrogens is 3. The van der Waals surface area contributed by atoms with E-state index in [9.17, 15) is 13.2 Å². The number of sulfonamides is 1. The molecule has 1 aromatic heterocycles. The highest BCUT2D eigenvalue weighted by molar-refractivity contribution is 7.89. The Labute approximate surface area is 168 Å². The molecule has 0 aliphatic carbocycles. The molecule has 0 aliphatic rings. The molecule has 1 unspecified atom stereocenters. The van der Waals surface area contributed by atoms with Gasteiger partial charge in [-0.1, -0.05) is 4.85 Å². The fourth-order valence-electron chi connectivity index (χ4n) is 2.44. The lowest BCUT2D eigenvalue weighted by molar-refractivity contribution is -0.127. The fraction of sp³-hybridized carbons (Fsp3) is 0.278. The van der Waals surface area contributed by atoms with Crippen molar-refractivity contribution in [3.8, 4) is 5.75 Å². The summed E-state index contributed by atoms with van der Waals surface area (Å²) < 4.78 is 30.9. The van der Waals surface area contributed by atoms with Crippen LogP contribution in [-0.4, -0.2) is 61.1 Å². The molecule has 0 spiro atoms. The summed E-state index contributed by atoms with van der Waals surface area (Å²) in [5, 5.41) is 10.5. The van der Waals surface area contributed by atoms with Crippen LogP contribution < -0.4 is 14.9 Å². The Balaban J connectivity index is 1.78. The third kappa shape index (κ3) is 4.30. The maximum Gasteiger partial charge on any atom is 0.267 e. The average molecular weight is 419 g/mol. The zero-order chi connectivity index (χ0) is 21.2. The van der Waals surface area contributed by atoms with Gasteiger partial charge in [-0.3, -0.25) is 4.79 Å². The van der Waals surface area contributed by atoms with Crippen LogP contribution in [0.25, 0.3) is 11.0 Å². The van der Waals surface area contributed by atoms with Gasteiger partial charge in [0.1, 0.15) is 16.8 Å². The molecular formula is C18H21N5O5S. The Morgan fingerprint density at radius 2 is 1.86 bits per heavy atom. The zero-order valence-electron chi connectivity index (χ0n) is 16.4. The molecule has 0 saturated carbocycles. The molecular weight excluding hydrogens is 398 g/mol. The van der Waals surface area contributed by atoms with Crippen molar-refractivity contribution in [2.75, 3.05) is 26.5 Å². The highest BCUT2D eigenvalue weighted by Crippen LogP contribution is 2.19. The van der Waals surface area contributed by atoms with Gasteiger partial charge in [-0.2, -0.15) is 0 Å². The fourth-order valence-corrected chi connectivity index (χ4v) is 3.37. The van der Waals surface area contributed by atoms with E-state index in [1.54, 1.807) is 38.3 Å². The van der Waals surface area contributed by atoms with Crippen molar-refractivity contribution >= 4 is 32.7 Å². The lowest BCUT2D eigenvalue weighted by Crippen LogP contribution is -2.35. The highest BCUT2D eigenvalue weighted by Gasteiger charge is 2.21. The summed E-state index contributed by atoms with van der Waals surface area (Å²) in [7, 11) is 0.805. The summed E-state index contributed by atoms with van der Waals surface area (Å²) in [6.45, 7) is 1.55. The number of anilines is 1. The summed E-state index contributed by atoms with van der Waals surface area (Å²) in [6.07, 6.45) is -0.920. The third-order valence-electron chi connectivity index (χ3n) is 4.15. The summed E-state index contributed by atoms with van der Waals surface area (Å²) in [6, 6.07) is 11.2. The van der Waals surface area contributed by atoms with Gasteiger partial charge in [0, 0.05) is 19.8 Å². The minimum Gasteiger partial charge on any atom is -0.497 e. The monoisotopic (exact) mass is 419 g/mol. The molecule has 0 radical (unpaired) electrons. The number of ether oxygens (including phenoxy) is 1. The molecule has 1 atom stereocenters. The standard InChI is InChI=1S/C18H21N5O5S/c1-12(18(24)19-13-5-7-14(27-4)8-6-13)28-23-17-11-15(29(25,26)22(2)3)9-10-16(17)20-21-23/h5-12H,1-4H3,(H,19,24). The van der Waals surface area contributed by atoms with Crippen molar-refractivity contribution in [2.45, 2.75) is 17.9 Å². The van der Waals surface area contributed by atoms with E-state index in [1.807, 2.05) is 0 Å². The molecule has 29 heavy (non-hydrogen) atoms. The maximum absolute atomic E-state index is 12.4. The van der Waals surface area contributed by atoms with Crippen LogP contribution in [0.2, 0.25) is 0 Å². The Morgan fingerprint density at radius 3 is 2.48 bits per heavy atom. The molecule has 2 aromatic carbocycles. The number of amides is 1. The first-order valence-electron chi connectivity index (χ1n) is 8.62. The Hall–Kier alpha value is -3.18. The number of carbonyl (C=O) groups is 1. The topological polar surface area (TPSA) is 116 Å². The van der Waals surface area contributed by atoms with Gasteiger partial charge < -0.3 is 14.9 Å².